The molecule has 0 heterocycles. The van der Waals surface area contributed by atoms with Crippen molar-refractivity contribution in [2.24, 2.45) is 16.7 Å². The zero-order chi connectivity index (χ0) is 23.0. The molecule has 0 saturated heterocycles. The van der Waals surface area contributed by atoms with Crippen LogP contribution in [0, 0.1) is 16.7 Å². The Morgan fingerprint density at radius 2 is 1.61 bits per heavy atom. The highest BCUT2D eigenvalue weighted by atomic mass is 32.2. The normalized spacial score (nSPS) is 24.1. The summed E-state index contributed by atoms with van der Waals surface area (Å²) in [7, 11) is -3.95. The summed E-state index contributed by atoms with van der Waals surface area (Å²) in [5.41, 5.74) is -1.22. The van der Waals surface area contributed by atoms with E-state index in [0.717, 1.165) is 6.42 Å². The van der Waals surface area contributed by atoms with Crippen molar-refractivity contribution in [2.75, 3.05) is 23.7 Å². The Balaban J connectivity index is 1.92. The molecule has 2 atom stereocenters. The summed E-state index contributed by atoms with van der Waals surface area (Å²) in [6.07, 6.45) is 1.79. The van der Waals surface area contributed by atoms with Gasteiger partial charge in [-0.15, -0.1) is 0 Å². The molecule has 2 saturated carbocycles. The topological polar surface area (TPSA) is 116 Å². The van der Waals surface area contributed by atoms with Crippen LogP contribution in [0.5, 0.6) is 0 Å². The Kier molecular flexibility index (Phi) is 6.19. The standard InChI is InChI=1S/C22H29NO7S/c1-5-29-19(25)14-9-15(20(26)30-6-2)11-17(10-14)23-31(27,28)13-22-8-7-16(12-18(22)24)21(22,3)4/h9-11,16,23H,5-8,12-13H2,1-4H3. The molecule has 2 aliphatic rings. The minimum atomic E-state index is -3.95. The smallest absolute Gasteiger partial charge is 0.338 e. The van der Waals surface area contributed by atoms with E-state index in [4.69, 9.17) is 9.47 Å². The summed E-state index contributed by atoms with van der Waals surface area (Å²) in [6.45, 7) is 7.47. The Morgan fingerprint density at radius 3 is 2.03 bits per heavy atom. The van der Waals surface area contributed by atoms with E-state index in [1.165, 1.54) is 18.2 Å². The van der Waals surface area contributed by atoms with Crippen molar-refractivity contribution in [3.63, 3.8) is 0 Å². The van der Waals surface area contributed by atoms with Crippen LogP contribution in [0.4, 0.5) is 5.69 Å². The second kappa shape index (κ2) is 8.26. The van der Waals surface area contributed by atoms with Crippen LogP contribution in [0.2, 0.25) is 0 Å². The number of rotatable bonds is 8. The predicted octanol–water partition coefficient (Wildman–Crippen LogP) is 3.18. The lowest BCUT2D eigenvalue weighted by Crippen LogP contribution is -2.43. The summed E-state index contributed by atoms with van der Waals surface area (Å²) in [5, 5.41) is 0. The Hall–Kier alpha value is -2.42. The highest BCUT2D eigenvalue weighted by Crippen LogP contribution is 2.64. The van der Waals surface area contributed by atoms with Gasteiger partial charge in [-0.3, -0.25) is 9.52 Å². The van der Waals surface area contributed by atoms with Crippen LogP contribution in [0.25, 0.3) is 0 Å². The molecule has 0 amide bonds. The van der Waals surface area contributed by atoms with Gasteiger partial charge in [0, 0.05) is 6.42 Å². The summed E-state index contributed by atoms with van der Waals surface area (Å²) >= 11 is 0. The molecule has 1 N–H and O–H groups in total. The van der Waals surface area contributed by atoms with Crippen LogP contribution in [0.3, 0.4) is 0 Å². The van der Waals surface area contributed by atoms with Crippen molar-refractivity contribution in [2.45, 2.75) is 47.0 Å². The maximum absolute atomic E-state index is 13.1. The third kappa shape index (κ3) is 4.20. The number of esters is 2. The Morgan fingerprint density at radius 1 is 1.06 bits per heavy atom. The largest absolute Gasteiger partial charge is 0.462 e. The third-order valence-corrected chi connectivity index (χ3v) is 8.22. The van der Waals surface area contributed by atoms with E-state index in [1.807, 2.05) is 13.8 Å². The highest BCUT2D eigenvalue weighted by molar-refractivity contribution is 7.92. The number of ketones is 1. The molecule has 1 aromatic rings. The number of fused-ring (bicyclic) bond motifs is 2. The summed E-state index contributed by atoms with van der Waals surface area (Å²) < 4.78 is 38.6. The lowest BCUT2D eigenvalue weighted by Gasteiger charge is -2.36. The molecule has 2 fully saturated rings. The second-order valence-corrected chi connectivity index (χ2v) is 10.5. The van der Waals surface area contributed by atoms with E-state index in [-0.39, 0.29) is 47.5 Å². The SMILES string of the molecule is CCOC(=O)c1cc(NS(=O)(=O)CC23CCC(CC2=O)C3(C)C)cc(C(=O)OCC)c1. The first-order chi connectivity index (χ1) is 14.5. The molecule has 8 nitrogen and oxygen atoms in total. The maximum atomic E-state index is 13.1. The lowest BCUT2D eigenvalue weighted by atomic mass is 9.70. The van der Waals surface area contributed by atoms with Gasteiger partial charge in [0.2, 0.25) is 10.0 Å². The Bertz CT molecular complexity index is 978. The molecule has 1 aromatic carbocycles. The van der Waals surface area contributed by atoms with Crippen LogP contribution >= 0.6 is 0 Å². The lowest BCUT2D eigenvalue weighted by molar-refractivity contribution is -0.128. The van der Waals surface area contributed by atoms with Crippen LogP contribution in [0.1, 0.15) is 67.7 Å². The van der Waals surface area contributed by atoms with E-state index < -0.39 is 32.8 Å². The monoisotopic (exact) mass is 451 g/mol. The van der Waals surface area contributed by atoms with Crippen molar-refractivity contribution in [1.29, 1.82) is 0 Å². The molecule has 0 spiro atoms. The molecular weight excluding hydrogens is 422 g/mol. The number of nitrogens with one attached hydrogen (secondary N) is 1. The van der Waals surface area contributed by atoms with Gasteiger partial charge in [-0.1, -0.05) is 13.8 Å². The maximum Gasteiger partial charge on any atom is 0.338 e. The van der Waals surface area contributed by atoms with Crippen molar-refractivity contribution in [3.05, 3.63) is 29.3 Å². The number of ether oxygens (including phenoxy) is 2. The first-order valence-corrected chi connectivity index (χ1v) is 12.1. The third-order valence-electron chi connectivity index (χ3n) is 6.80. The van der Waals surface area contributed by atoms with Crippen LogP contribution in [-0.2, 0) is 24.3 Å². The van der Waals surface area contributed by atoms with Crippen molar-refractivity contribution in [1.82, 2.24) is 0 Å². The molecule has 9 heteroatoms. The van der Waals surface area contributed by atoms with Gasteiger partial charge in [0.05, 0.1) is 41.2 Å². The second-order valence-electron chi connectivity index (χ2n) is 8.77. The van der Waals surface area contributed by atoms with E-state index in [0.29, 0.717) is 12.8 Å². The van der Waals surface area contributed by atoms with E-state index in [2.05, 4.69) is 4.72 Å². The van der Waals surface area contributed by atoms with Crippen LogP contribution in [0.15, 0.2) is 18.2 Å². The van der Waals surface area contributed by atoms with Gasteiger partial charge >= 0.3 is 11.9 Å². The molecule has 2 bridgehead atoms. The number of anilines is 1. The van der Waals surface area contributed by atoms with Gasteiger partial charge in [0.15, 0.2) is 0 Å². The van der Waals surface area contributed by atoms with Gasteiger partial charge in [-0.25, -0.2) is 18.0 Å². The molecule has 0 aromatic heterocycles. The predicted molar refractivity (Wildman–Crippen MR) is 114 cm³/mol. The first kappa shape index (κ1) is 23.2. The highest BCUT2D eigenvalue weighted by Gasteiger charge is 2.65. The molecule has 170 valence electrons. The van der Waals surface area contributed by atoms with Crippen LogP contribution in [-0.4, -0.2) is 45.1 Å². The van der Waals surface area contributed by atoms with Crippen LogP contribution < -0.4 is 4.72 Å². The van der Waals surface area contributed by atoms with E-state index >= 15 is 0 Å². The summed E-state index contributed by atoms with van der Waals surface area (Å²) in [6, 6.07) is 3.93. The fourth-order valence-corrected chi connectivity index (χ4v) is 6.87. The van der Waals surface area contributed by atoms with Crippen molar-refractivity contribution < 1.29 is 32.3 Å². The van der Waals surface area contributed by atoms with E-state index in [1.54, 1.807) is 13.8 Å². The summed E-state index contributed by atoms with van der Waals surface area (Å²) in [5.74, 6) is -1.51. The van der Waals surface area contributed by atoms with Gasteiger partial charge in [0.1, 0.15) is 5.78 Å². The van der Waals surface area contributed by atoms with Gasteiger partial charge < -0.3 is 9.47 Å². The van der Waals surface area contributed by atoms with E-state index in [9.17, 15) is 22.8 Å². The number of hydrogen-bond donors (Lipinski definition) is 1. The van der Waals surface area contributed by atoms with Crippen molar-refractivity contribution in [3.8, 4) is 0 Å². The number of benzene rings is 1. The van der Waals surface area contributed by atoms with Crippen molar-refractivity contribution >= 4 is 33.4 Å². The van der Waals surface area contributed by atoms with Gasteiger partial charge in [0.25, 0.3) is 0 Å². The zero-order valence-electron chi connectivity index (χ0n) is 18.3. The fourth-order valence-electron chi connectivity index (χ4n) is 5.00. The number of carbonyl (C=O) groups is 3. The number of hydrogen-bond acceptors (Lipinski definition) is 7. The molecule has 2 unspecified atom stereocenters. The molecule has 31 heavy (non-hydrogen) atoms. The minimum Gasteiger partial charge on any atom is -0.462 e. The van der Waals surface area contributed by atoms with Gasteiger partial charge in [-0.05, 0) is 56.2 Å². The quantitative estimate of drug-likeness (QED) is 0.604. The summed E-state index contributed by atoms with van der Waals surface area (Å²) in [4.78, 5) is 37.1. The zero-order valence-corrected chi connectivity index (χ0v) is 19.1. The average molecular weight is 452 g/mol. The molecule has 0 radical (unpaired) electrons. The minimum absolute atomic E-state index is 0.00777. The first-order valence-electron chi connectivity index (χ1n) is 10.5. The van der Waals surface area contributed by atoms with Gasteiger partial charge in [-0.2, -0.15) is 0 Å². The molecule has 2 aliphatic carbocycles. The molecular formula is C22H29NO7S. The molecule has 0 aliphatic heterocycles. The fraction of sp³-hybridized carbons (Fsp3) is 0.591. The Labute approximate surface area is 182 Å². The average Bonchev–Trinajstić information content (AvgIpc) is 3.01. The number of carbonyl (C=O) groups excluding carboxylic acids is 3. The number of sulfonamides is 1. The molecule has 3 rings (SSSR count). The number of Topliss-reactive ketones (excluding diaryl/α,β-unsaturated/α-hetero) is 1.